The van der Waals surface area contributed by atoms with Gasteiger partial charge in [0.15, 0.2) is 9.84 Å². The highest BCUT2D eigenvalue weighted by atomic mass is 32.2. The van der Waals surface area contributed by atoms with Crippen molar-refractivity contribution in [1.82, 2.24) is 4.90 Å². The molecule has 0 unspecified atom stereocenters. The van der Waals surface area contributed by atoms with E-state index in [0.717, 1.165) is 31.6 Å². The monoisotopic (exact) mass is 382 g/mol. The van der Waals surface area contributed by atoms with Gasteiger partial charge in [-0.2, -0.15) is 0 Å². The summed E-state index contributed by atoms with van der Waals surface area (Å²) >= 11 is 0. The molecule has 0 aromatic heterocycles. The van der Waals surface area contributed by atoms with Crippen LogP contribution in [0.2, 0.25) is 0 Å². The van der Waals surface area contributed by atoms with Crippen molar-refractivity contribution in [2.45, 2.75) is 24.2 Å². The van der Waals surface area contributed by atoms with Crippen LogP contribution in [0.5, 0.6) is 0 Å². The predicted octanol–water partition coefficient (Wildman–Crippen LogP) is 3.31. The second kappa shape index (κ2) is 7.19. The van der Waals surface area contributed by atoms with Gasteiger partial charge in [-0.15, -0.1) is 0 Å². The molecule has 5 nitrogen and oxygen atoms in total. The predicted molar refractivity (Wildman–Crippen MR) is 106 cm³/mol. The highest BCUT2D eigenvalue weighted by molar-refractivity contribution is 7.91. The van der Waals surface area contributed by atoms with Crippen molar-refractivity contribution in [3.05, 3.63) is 65.7 Å². The molecule has 1 fully saturated rings. The van der Waals surface area contributed by atoms with Crippen molar-refractivity contribution in [2.75, 3.05) is 24.2 Å². The number of nitrogens with zero attached hydrogens (tertiary/aromatic N) is 1. The lowest BCUT2D eigenvalue weighted by molar-refractivity contribution is -0.112. The van der Waals surface area contributed by atoms with E-state index in [9.17, 15) is 13.2 Å². The average molecular weight is 382 g/mol. The Balaban J connectivity index is 1.84. The molecule has 1 amide bonds. The van der Waals surface area contributed by atoms with Crippen molar-refractivity contribution in [3.63, 3.8) is 0 Å². The molecule has 0 spiro atoms. The Labute approximate surface area is 159 Å². The first-order valence-electron chi connectivity index (χ1n) is 9.23. The summed E-state index contributed by atoms with van der Waals surface area (Å²) in [5.41, 5.74) is 2.68. The van der Waals surface area contributed by atoms with Crippen molar-refractivity contribution < 1.29 is 13.2 Å². The molecule has 0 bridgehead atoms. The summed E-state index contributed by atoms with van der Waals surface area (Å²) < 4.78 is 25.6. The van der Waals surface area contributed by atoms with E-state index in [-0.39, 0.29) is 18.1 Å². The fourth-order valence-electron chi connectivity index (χ4n) is 3.81. The van der Waals surface area contributed by atoms with Gasteiger partial charge in [-0.25, -0.2) is 8.42 Å². The molecule has 27 heavy (non-hydrogen) atoms. The summed E-state index contributed by atoms with van der Waals surface area (Å²) in [6.45, 7) is 1.68. The maximum atomic E-state index is 13.1. The van der Waals surface area contributed by atoms with Gasteiger partial charge >= 0.3 is 0 Å². The molecule has 2 aromatic rings. The van der Waals surface area contributed by atoms with Crippen LogP contribution in [-0.4, -0.2) is 38.1 Å². The number of para-hydroxylation sites is 1. The third kappa shape index (κ3) is 3.49. The number of carbonyl (C=O) groups excluding carboxylic acids is 1. The lowest BCUT2D eigenvalue weighted by Gasteiger charge is -2.25. The molecule has 0 atom stereocenters. The molecule has 2 aliphatic rings. The first kappa shape index (κ1) is 17.8. The Bertz CT molecular complexity index is 991. The zero-order valence-electron chi connectivity index (χ0n) is 15.0. The fourth-order valence-corrected chi connectivity index (χ4v) is 5.29. The molecule has 0 saturated carbocycles. The highest BCUT2D eigenvalue weighted by Crippen LogP contribution is 2.36. The Morgan fingerprint density at radius 3 is 2.33 bits per heavy atom. The van der Waals surface area contributed by atoms with Crippen LogP contribution in [0.25, 0.3) is 5.70 Å². The number of fused-ring (bicyclic) bond motifs is 1. The lowest BCUT2D eigenvalue weighted by Crippen LogP contribution is -2.24. The minimum atomic E-state index is -3.43. The van der Waals surface area contributed by atoms with Crippen LogP contribution in [0.1, 0.15) is 24.8 Å². The number of anilines is 1. The number of hydrogen-bond acceptors (Lipinski definition) is 4. The zero-order chi connectivity index (χ0) is 18.9. The van der Waals surface area contributed by atoms with Crippen molar-refractivity contribution in [3.8, 4) is 0 Å². The quantitative estimate of drug-likeness (QED) is 0.884. The number of amides is 1. The fraction of sp³-hybridized carbons (Fsp3) is 0.286. The molecule has 0 radical (unpaired) electrons. The van der Waals surface area contributed by atoms with E-state index >= 15 is 0 Å². The standard InChI is InChI=1S/C21H22N2O3S/c24-21(22-16-8-2-1-3-9-16)18-12-15-27(25,26)19-11-5-4-10-17(19)20(18)23-13-6-7-14-23/h1-5,8-11H,6-7,12-15H2,(H,22,24). The number of carbonyl (C=O) groups is 1. The van der Waals surface area contributed by atoms with Crippen LogP contribution >= 0.6 is 0 Å². The summed E-state index contributed by atoms with van der Waals surface area (Å²) in [4.78, 5) is 15.6. The molecule has 2 heterocycles. The van der Waals surface area contributed by atoms with E-state index in [4.69, 9.17) is 0 Å². The van der Waals surface area contributed by atoms with E-state index in [1.54, 1.807) is 12.1 Å². The van der Waals surface area contributed by atoms with Crippen LogP contribution in [-0.2, 0) is 14.6 Å². The van der Waals surface area contributed by atoms with Gasteiger partial charge in [-0.3, -0.25) is 4.79 Å². The van der Waals surface area contributed by atoms with E-state index in [0.29, 0.717) is 21.7 Å². The smallest absolute Gasteiger partial charge is 0.253 e. The Morgan fingerprint density at radius 2 is 1.59 bits per heavy atom. The van der Waals surface area contributed by atoms with Crippen LogP contribution < -0.4 is 5.32 Å². The van der Waals surface area contributed by atoms with Crippen molar-refractivity contribution in [1.29, 1.82) is 0 Å². The molecule has 140 valence electrons. The van der Waals surface area contributed by atoms with Crippen LogP contribution in [0, 0.1) is 0 Å². The van der Waals surface area contributed by atoms with Gasteiger partial charge < -0.3 is 10.2 Å². The number of benzene rings is 2. The van der Waals surface area contributed by atoms with Gasteiger partial charge in [0.2, 0.25) is 0 Å². The molecule has 4 rings (SSSR count). The summed E-state index contributed by atoms with van der Waals surface area (Å²) in [6.07, 6.45) is 2.31. The first-order valence-corrected chi connectivity index (χ1v) is 10.9. The number of sulfone groups is 1. The molecular weight excluding hydrogens is 360 g/mol. The van der Waals surface area contributed by atoms with Gasteiger partial charge in [0, 0.05) is 29.9 Å². The third-order valence-corrected chi connectivity index (χ3v) is 6.88. The second-order valence-electron chi connectivity index (χ2n) is 6.91. The molecule has 2 aromatic carbocycles. The van der Waals surface area contributed by atoms with Crippen LogP contribution in [0.4, 0.5) is 5.69 Å². The van der Waals surface area contributed by atoms with Gasteiger partial charge in [-0.05, 0) is 37.5 Å². The SMILES string of the molecule is O=C(Nc1ccccc1)C1=C(N2CCCC2)c2ccccc2S(=O)(=O)CC1. The minimum absolute atomic E-state index is 0.0567. The average Bonchev–Trinajstić information content (AvgIpc) is 3.16. The number of likely N-dealkylation sites (tertiary alicyclic amines) is 1. The van der Waals surface area contributed by atoms with Gasteiger partial charge in [-0.1, -0.05) is 36.4 Å². The lowest BCUT2D eigenvalue weighted by atomic mass is 10.0. The molecular formula is C21H22N2O3S. The highest BCUT2D eigenvalue weighted by Gasteiger charge is 2.32. The Morgan fingerprint density at radius 1 is 0.926 bits per heavy atom. The first-order chi connectivity index (χ1) is 13.1. The molecule has 0 aliphatic carbocycles. The maximum Gasteiger partial charge on any atom is 0.253 e. The van der Waals surface area contributed by atoms with Crippen molar-refractivity contribution >= 4 is 27.1 Å². The second-order valence-corrected chi connectivity index (χ2v) is 8.98. The molecule has 1 N–H and O–H groups in total. The van der Waals surface area contributed by atoms with Gasteiger partial charge in [0.25, 0.3) is 5.91 Å². The van der Waals surface area contributed by atoms with Crippen LogP contribution in [0.3, 0.4) is 0 Å². The van der Waals surface area contributed by atoms with Gasteiger partial charge in [0.05, 0.1) is 16.3 Å². The van der Waals surface area contributed by atoms with Crippen molar-refractivity contribution in [2.24, 2.45) is 0 Å². The number of hydrogen-bond donors (Lipinski definition) is 1. The minimum Gasteiger partial charge on any atom is -0.371 e. The van der Waals surface area contributed by atoms with E-state index in [2.05, 4.69) is 10.2 Å². The molecule has 1 saturated heterocycles. The molecule has 6 heteroatoms. The number of rotatable bonds is 3. The van der Waals surface area contributed by atoms with E-state index in [1.807, 2.05) is 42.5 Å². The Hall–Kier alpha value is -2.60. The molecule has 2 aliphatic heterocycles. The zero-order valence-corrected chi connectivity index (χ0v) is 15.8. The Kier molecular flexibility index (Phi) is 4.74. The van der Waals surface area contributed by atoms with Gasteiger partial charge in [0.1, 0.15) is 0 Å². The summed E-state index contributed by atoms with van der Waals surface area (Å²) in [6, 6.07) is 16.3. The van der Waals surface area contributed by atoms with E-state index in [1.165, 1.54) is 0 Å². The number of nitrogens with one attached hydrogen (secondary N) is 1. The summed E-state index contributed by atoms with van der Waals surface area (Å²) in [7, 11) is -3.43. The third-order valence-electron chi connectivity index (χ3n) is 5.11. The topological polar surface area (TPSA) is 66.5 Å². The summed E-state index contributed by atoms with van der Waals surface area (Å²) in [5, 5.41) is 2.93. The van der Waals surface area contributed by atoms with E-state index < -0.39 is 9.84 Å². The maximum absolute atomic E-state index is 13.1. The largest absolute Gasteiger partial charge is 0.371 e. The summed E-state index contributed by atoms with van der Waals surface area (Å²) in [5.74, 6) is -0.283. The van der Waals surface area contributed by atoms with Crippen LogP contribution in [0.15, 0.2) is 65.1 Å². The normalized spacial score (nSPS) is 18.7.